The van der Waals surface area contributed by atoms with Gasteiger partial charge < -0.3 is 10.1 Å². The summed E-state index contributed by atoms with van der Waals surface area (Å²) in [5.74, 6) is 0.168. The zero-order chi connectivity index (χ0) is 13.8. The molecule has 4 heteroatoms. The van der Waals surface area contributed by atoms with Crippen molar-refractivity contribution in [1.29, 1.82) is 0 Å². The highest BCUT2D eigenvalue weighted by atomic mass is 16.5. The van der Waals surface area contributed by atoms with E-state index in [-0.39, 0.29) is 11.8 Å². The third-order valence-electron chi connectivity index (χ3n) is 3.08. The maximum atomic E-state index is 11.6. The molecule has 1 N–H and O–H groups in total. The van der Waals surface area contributed by atoms with Crippen molar-refractivity contribution in [3.63, 3.8) is 0 Å². The van der Waals surface area contributed by atoms with Gasteiger partial charge in [0.05, 0.1) is 12.6 Å². The Labute approximate surface area is 111 Å². The Bertz CT molecular complexity index is 612. The highest BCUT2D eigenvalue weighted by Crippen LogP contribution is 2.25. The lowest BCUT2D eigenvalue weighted by atomic mass is 10.0. The van der Waals surface area contributed by atoms with Crippen molar-refractivity contribution >= 4 is 5.69 Å². The molecule has 2 aromatic rings. The molecule has 0 saturated carbocycles. The third kappa shape index (κ3) is 2.52. The van der Waals surface area contributed by atoms with Crippen LogP contribution in [0.2, 0.25) is 0 Å². The summed E-state index contributed by atoms with van der Waals surface area (Å²) in [5.41, 5.74) is 0.369. The van der Waals surface area contributed by atoms with Crippen molar-refractivity contribution in [1.82, 2.24) is 0 Å². The van der Waals surface area contributed by atoms with Crippen LogP contribution in [-0.2, 0) is 0 Å². The topological polar surface area (TPSA) is 55.4 Å². The summed E-state index contributed by atoms with van der Waals surface area (Å²) in [5, 5.41) is 3.12. The standard InChI is InChI=1S/C15H17NO3/c1-3-11(10-8-6-5-7-9-10)16-12-13(17)14(18)15(12)19-4-2/h5-9,11,16H,3-4H2,1-2H3/t11-/m0/s1. The summed E-state index contributed by atoms with van der Waals surface area (Å²) in [6, 6.07) is 9.83. The summed E-state index contributed by atoms with van der Waals surface area (Å²) in [4.78, 5) is 23.0. The summed E-state index contributed by atoms with van der Waals surface area (Å²) >= 11 is 0. The molecule has 2 rings (SSSR count). The zero-order valence-electron chi connectivity index (χ0n) is 11.1. The number of anilines is 1. The Balaban J connectivity index is 2.23. The van der Waals surface area contributed by atoms with E-state index in [2.05, 4.69) is 5.32 Å². The lowest BCUT2D eigenvalue weighted by molar-refractivity contribution is 0.334. The quantitative estimate of drug-likeness (QED) is 0.808. The van der Waals surface area contributed by atoms with Gasteiger partial charge in [0, 0.05) is 0 Å². The van der Waals surface area contributed by atoms with Gasteiger partial charge >= 0.3 is 0 Å². The molecular formula is C15H17NO3. The van der Waals surface area contributed by atoms with Gasteiger partial charge in [0.1, 0.15) is 5.69 Å². The smallest absolute Gasteiger partial charge is 0.272 e. The van der Waals surface area contributed by atoms with Gasteiger partial charge in [0.15, 0.2) is 5.75 Å². The van der Waals surface area contributed by atoms with Crippen LogP contribution < -0.4 is 20.9 Å². The fourth-order valence-electron chi connectivity index (χ4n) is 2.06. The predicted octanol–water partition coefficient (Wildman–Crippen LogP) is 2.24. The van der Waals surface area contributed by atoms with Crippen LogP contribution in [0.1, 0.15) is 31.9 Å². The molecule has 0 aliphatic heterocycles. The van der Waals surface area contributed by atoms with Crippen molar-refractivity contribution in [3.8, 4) is 5.75 Å². The molecule has 0 unspecified atom stereocenters. The van der Waals surface area contributed by atoms with E-state index in [0.717, 1.165) is 12.0 Å². The fourth-order valence-corrected chi connectivity index (χ4v) is 2.06. The van der Waals surface area contributed by atoms with Crippen LogP contribution in [0.15, 0.2) is 39.9 Å². The molecule has 0 amide bonds. The Morgan fingerprint density at radius 2 is 1.79 bits per heavy atom. The number of nitrogens with one attached hydrogen (secondary N) is 1. The zero-order valence-corrected chi connectivity index (χ0v) is 11.1. The summed E-state index contributed by atoms with van der Waals surface area (Å²) in [6.45, 7) is 4.19. The molecular weight excluding hydrogens is 242 g/mol. The van der Waals surface area contributed by atoms with E-state index in [9.17, 15) is 9.59 Å². The molecule has 4 nitrogen and oxygen atoms in total. The van der Waals surface area contributed by atoms with Gasteiger partial charge in [-0.15, -0.1) is 0 Å². The van der Waals surface area contributed by atoms with Crippen molar-refractivity contribution in [3.05, 3.63) is 56.3 Å². The van der Waals surface area contributed by atoms with Crippen LogP contribution in [0.4, 0.5) is 5.69 Å². The van der Waals surface area contributed by atoms with Gasteiger partial charge in [-0.2, -0.15) is 0 Å². The van der Waals surface area contributed by atoms with Crippen LogP contribution in [0.3, 0.4) is 0 Å². The molecule has 19 heavy (non-hydrogen) atoms. The SMILES string of the molecule is CCOc1c(N[C@@H](CC)c2ccccc2)c(=O)c1=O. The van der Waals surface area contributed by atoms with Crippen molar-refractivity contribution in [2.45, 2.75) is 26.3 Å². The van der Waals surface area contributed by atoms with E-state index in [1.807, 2.05) is 37.3 Å². The first kappa shape index (κ1) is 13.3. The van der Waals surface area contributed by atoms with Crippen LogP contribution in [-0.4, -0.2) is 6.61 Å². The van der Waals surface area contributed by atoms with Crippen LogP contribution >= 0.6 is 0 Å². The average molecular weight is 259 g/mol. The molecule has 0 radical (unpaired) electrons. The molecule has 0 saturated heterocycles. The third-order valence-corrected chi connectivity index (χ3v) is 3.08. The monoisotopic (exact) mass is 259 g/mol. The highest BCUT2D eigenvalue weighted by Gasteiger charge is 2.24. The summed E-state index contributed by atoms with van der Waals surface area (Å²) < 4.78 is 5.20. The summed E-state index contributed by atoms with van der Waals surface area (Å²) in [7, 11) is 0. The van der Waals surface area contributed by atoms with Crippen molar-refractivity contribution < 1.29 is 4.74 Å². The maximum absolute atomic E-state index is 11.6. The van der Waals surface area contributed by atoms with E-state index in [4.69, 9.17) is 4.74 Å². The second-order valence-electron chi connectivity index (χ2n) is 4.31. The van der Waals surface area contributed by atoms with Gasteiger partial charge in [-0.3, -0.25) is 9.59 Å². The van der Waals surface area contributed by atoms with Crippen LogP contribution in [0, 0.1) is 0 Å². The molecule has 0 heterocycles. The molecule has 0 aliphatic carbocycles. The average Bonchev–Trinajstić information content (AvgIpc) is 2.47. The first-order chi connectivity index (χ1) is 9.19. The normalized spacial score (nSPS) is 12.3. The van der Waals surface area contributed by atoms with E-state index in [1.54, 1.807) is 6.92 Å². The first-order valence-electron chi connectivity index (χ1n) is 6.46. The number of benzene rings is 1. The lowest BCUT2D eigenvalue weighted by Crippen LogP contribution is -2.36. The van der Waals surface area contributed by atoms with E-state index < -0.39 is 10.9 Å². The Morgan fingerprint density at radius 1 is 1.11 bits per heavy atom. The van der Waals surface area contributed by atoms with Crippen molar-refractivity contribution in [2.24, 2.45) is 0 Å². The van der Waals surface area contributed by atoms with Gasteiger partial charge in [-0.05, 0) is 18.9 Å². The lowest BCUT2D eigenvalue weighted by Gasteiger charge is -2.21. The predicted molar refractivity (Wildman–Crippen MR) is 75.6 cm³/mol. The van der Waals surface area contributed by atoms with E-state index >= 15 is 0 Å². The van der Waals surface area contributed by atoms with Gasteiger partial charge in [-0.1, -0.05) is 37.3 Å². The fraction of sp³-hybridized carbons (Fsp3) is 0.333. The molecule has 0 fully saturated rings. The molecule has 0 aromatic heterocycles. The number of hydrogen-bond donors (Lipinski definition) is 1. The Hall–Kier alpha value is -2.10. The molecule has 0 bridgehead atoms. The molecule has 0 spiro atoms. The van der Waals surface area contributed by atoms with E-state index in [0.29, 0.717) is 12.3 Å². The van der Waals surface area contributed by atoms with Gasteiger partial charge in [0.25, 0.3) is 10.9 Å². The van der Waals surface area contributed by atoms with Gasteiger partial charge in [-0.25, -0.2) is 0 Å². The first-order valence-corrected chi connectivity index (χ1v) is 6.46. The minimum absolute atomic E-state index is 0.00343. The Morgan fingerprint density at radius 3 is 2.37 bits per heavy atom. The number of rotatable bonds is 6. The Kier molecular flexibility index (Phi) is 4.00. The summed E-state index contributed by atoms with van der Waals surface area (Å²) in [6.07, 6.45) is 0.814. The molecule has 1 atom stereocenters. The van der Waals surface area contributed by atoms with Gasteiger partial charge in [0.2, 0.25) is 0 Å². The highest BCUT2D eigenvalue weighted by molar-refractivity contribution is 5.62. The minimum Gasteiger partial charge on any atom is -0.488 e. The second-order valence-corrected chi connectivity index (χ2v) is 4.31. The van der Waals surface area contributed by atoms with E-state index in [1.165, 1.54) is 0 Å². The molecule has 2 aromatic carbocycles. The molecule has 0 aliphatic rings. The number of hydrogen-bond acceptors (Lipinski definition) is 4. The molecule has 100 valence electrons. The van der Waals surface area contributed by atoms with Crippen molar-refractivity contribution in [2.75, 3.05) is 11.9 Å². The van der Waals surface area contributed by atoms with Crippen LogP contribution in [0.25, 0.3) is 0 Å². The number of ether oxygens (including phenoxy) is 1. The minimum atomic E-state index is -0.535. The largest absolute Gasteiger partial charge is 0.488 e. The van der Waals surface area contributed by atoms with Crippen LogP contribution in [0.5, 0.6) is 5.75 Å². The maximum Gasteiger partial charge on any atom is 0.272 e. The second kappa shape index (κ2) is 5.69.